The van der Waals surface area contributed by atoms with Gasteiger partial charge in [-0.05, 0) is 0 Å². The summed E-state index contributed by atoms with van der Waals surface area (Å²) in [6.07, 6.45) is -1.04. The average molecular weight is 299 g/mol. The Balaban J connectivity index is 2.35. The van der Waals surface area contributed by atoms with Crippen molar-refractivity contribution in [1.82, 2.24) is 9.13 Å². The maximum atomic E-state index is 13.2. The Morgan fingerprint density at radius 3 is 2.67 bits per heavy atom. The van der Waals surface area contributed by atoms with Gasteiger partial charge in [-0.15, -0.1) is 0 Å². The van der Waals surface area contributed by atoms with Gasteiger partial charge in [-0.3, -0.25) is 19.5 Å². The lowest BCUT2D eigenvalue weighted by molar-refractivity contribution is -0.402. The predicted molar refractivity (Wildman–Crippen MR) is 62.7 cm³/mol. The van der Waals surface area contributed by atoms with Crippen molar-refractivity contribution >= 4 is 12.0 Å². The van der Waals surface area contributed by atoms with Gasteiger partial charge in [0.05, 0.1) is 12.3 Å². The number of halogens is 1. The van der Waals surface area contributed by atoms with Crippen LogP contribution in [0.4, 0.5) is 15.1 Å². The second-order valence-electron chi connectivity index (χ2n) is 3.71. The zero-order chi connectivity index (χ0) is 15.7. The molecular weight excluding hydrogens is 293 g/mol. The van der Waals surface area contributed by atoms with Crippen LogP contribution >= 0.6 is 0 Å². The first-order valence-electron chi connectivity index (χ1n) is 5.26. The lowest BCUT2D eigenvalue weighted by Crippen LogP contribution is -2.42. The number of ether oxygens (including phenoxy) is 1. The van der Waals surface area contributed by atoms with E-state index < -0.39 is 39.9 Å². The highest BCUT2D eigenvalue weighted by Gasteiger charge is 2.19. The molecule has 0 aliphatic heterocycles. The Morgan fingerprint density at radius 1 is 1.43 bits per heavy atom. The molecule has 0 N–H and O–H groups in total. The van der Waals surface area contributed by atoms with Gasteiger partial charge in [0.25, 0.3) is 11.5 Å². The summed E-state index contributed by atoms with van der Waals surface area (Å²) in [7, 11) is 0.968. The molecule has 2 rings (SSSR count). The van der Waals surface area contributed by atoms with Gasteiger partial charge in [0, 0.05) is 13.1 Å². The summed E-state index contributed by atoms with van der Waals surface area (Å²) < 4.78 is 22.8. The highest BCUT2D eigenvalue weighted by molar-refractivity contribution is 5.72. The third-order valence-electron chi connectivity index (χ3n) is 2.38. The molecule has 21 heavy (non-hydrogen) atoms. The van der Waals surface area contributed by atoms with E-state index in [4.69, 9.17) is 0 Å². The van der Waals surface area contributed by atoms with Gasteiger partial charge in [0.1, 0.15) is 4.92 Å². The summed E-state index contributed by atoms with van der Waals surface area (Å²) in [5.74, 6) is -2.59. The molecule has 2 heterocycles. The zero-order valence-corrected chi connectivity index (χ0v) is 10.3. The first-order chi connectivity index (χ1) is 9.81. The van der Waals surface area contributed by atoms with Crippen LogP contribution in [0.3, 0.4) is 0 Å². The first kappa shape index (κ1) is 14.2. The van der Waals surface area contributed by atoms with Crippen LogP contribution in [0.5, 0.6) is 5.95 Å². The summed E-state index contributed by atoms with van der Waals surface area (Å²) in [5.41, 5.74) is -2.36. The molecule has 2 aromatic heterocycles. The molecule has 110 valence electrons. The maximum absolute atomic E-state index is 13.2. The molecule has 11 heteroatoms. The van der Waals surface area contributed by atoms with E-state index in [1.165, 1.54) is 0 Å². The maximum Gasteiger partial charge on any atom is 0.436 e. The minimum atomic E-state index is -1.39. The van der Waals surface area contributed by atoms with Crippen LogP contribution in [0.1, 0.15) is 0 Å². The van der Waals surface area contributed by atoms with Gasteiger partial charge in [0.2, 0.25) is 5.82 Å². The van der Waals surface area contributed by atoms with E-state index in [1.807, 2.05) is 0 Å². The largest absolute Gasteiger partial charge is 0.436 e. The molecule has 0 unspecified atom stereocenters. The molecule has 0 aliphatic carbocycles. The molecule has 0 saturated heterocycles. The molecule has 10 nitrogen and oxygen atoms in total. The van der Waals surface area contributed by atoms with Crippen LogP contribution in [0.15, 0.2) is 32.3 Å². The fraction of sp³-hybridized carbons (Fsp3) is 0.100. The van der Waals surface area contributed by atoms with E-state index in [9.17, 15) is 28.9 Å². The van der Waals surface area contributed by atoms with Crippen LogP contribution in [0, 0.1) is 15.9 Å². The van der Waals surface area contributed by atoms with Crippen LogP contribution in [-0.2, 0) is 7.05 Å². The SMILES string of the molecule is Cn1c(=O)c(F)cn(C(=O)Oc2ccc([N+](=O)[O-])o2)c1=O. The molecule has 0 spiro atoms. The lowest BCUT2D eigenvalue weighted by Gasteiger charge is -2.05. The van der Waals surface area contributed by atoms with Crippen molar-refractivity contribution in [2.75, 3.05) is 0 Å². The van der Waals surface area contributed by atoms with E-state index in [-0.39, 0.29) is 4.57 Å². The number of nitrogens with zero attached hydrogens (tertiary/aromatic N) is 3. The Kier molecular flexibility index (Phi) is 3.40. The summed E-state index contributed by atoms with van der Waals surface area (Å²) in [5, 5.41) is 10.4. The number of furan rings is 1. The van der Waals surface area contributed by atoms with Crippen molar-refractivity contribution < 1.29 is 23.3 Å². The lowest BCUT2D eigenvalue weighted by atomic mass is 10.6. The second-order valence-corrected chi connectivity index (χ2v) is 3.71. The predicted octanol–water partition coefficient (Wildman–Crippen LogP) is 0.234. The van der Waals surface area contributed by atoms with Gasteiger partial charge in [0.15, 0.2) is 0 Å². The molecule has 0 bridgehead atoms. The van der Waals surface area contributed by atoms with E-state index in [0.717, 1.165) is 19.2 Å². The standard InChI is InChI=1S/C10H6FN3O7/c1-12-8(15)5(11)4-13(9(12)16)10(17)21-7-3-2-6(20-7)14(18)19/h2-4H,1H3. The molecular formula is C10H6FN3O7. The number of nitro groups is 1. The van der Waals surface area contributed by atoms with Crippen molar-refractivity contribution in [3.05, 3.63) is 55.1 Å². The average Bonchev–Trinajstić information content (AvgIpc) is 2.89. The van der Waals surface area contributed by atoms with E-state index >= 15 is 0 Å². The quantitative estimate of drug-likeness (QED) is 0.573. The number of hydrogen-bond donors (Lipinski definition) is 0. The molecule has 0 fully saturated rings. The number of aromatic nitrogens is 2. The van der Waals surface area contributed by atoms with Crippen LogP contribution in [-0.4, -0.2) is 20.2 Å². The molecule has 0 radical (unpaired) electrons. The van der Waals surface area contributed by atoms with Gasteiger partial charge < -0.3 is 9.15 Å². The number of carbonyl (C=O) groups excluding carboxylic acids is 1. The third kappa shape index (κ3) is 2.56. The fourth-order valence-corrected chi connectivity index (χ4v) is 1.36. The number of hydrogen-bond acceptors (Lipinski definition) is 7. The Labute approximate surface area is 113 Å². The number of rotatable bonds is 2. The summed E-state index contributed by atoms with van der Waals surface area (Å²) in [6, 6.07) is 1.89. The molecule has 0 saturated carbocycles. The van der Waals surface area contributed by atoms with Gasteiger partial charge >= 0.3 is 17.7 Å². The molecule has 0 aromatic carbocycles. The Hall–Kier alpha value is -3.24. The minimum Gasteiger partial charge on any atom is -0.375 e. The highest BCUT2D eigenvalue weighted by Crippen LogP contribution is 2.22. The van der Waals surface area contributed by atoms with Crippen molar-refractivity contribution in [2.24, 2.45) is 7.05 Å². The van der Waals surface area contributed by atoms with Crippen molar-refractivity contribution in [3.8, 4) is 5.95 Å². The molecule has 0 atom stereocenters. The summed E-state index contributed by atoms with van der Waals surface area (Å²) >= 11 is 0. The smallest absolute Gasteiger partial charge is 0.375 e. The first-order valence-corrected chi connectivity index (χ1v) is 5.26. The second kappa shape index (κ2) is 5.03. The van der Waals surface area contributed by atoms with Crippen LogP contribution in [0.2, 0.25) is 0 Å². The third-order valence-corrected chi connectivity index (χ3v) is 2.38. The fourth-order valence-electron chi connectivity index (χ4n) is 1.36. The Morgan fingerprint density at radius 2 is 2.10 bits per heavy atom. The monoisotopic (exact) mass is 299 g/mol. The molecule has 0 amide bonds. The topological polar surface area (TPSA) is 127 Å². The van der Waals surface area contributed by atoms with Crippen LogP contribution < -0.4 is 16.0 Å². The Bertz CT molecular complexity index is 847. The van der Waals surface area contributed by atoms with Gasteiger partial charge in [-0.25, -0.2) is 9.59 Å². The minimum absolute atomic E-state index is 0.186. The van der Waals surface area contributed by atoms with E-state index in [0.29, 0.717) is 10.8 Å². The van der Waals surface area contributed by atoms with E-state index in [1.54, 1.807) is 0 Å². The van der Waals surface area contributed by atoms with Crippen molar-refractivity contribution in [2.45, 2.75) is 0 Å². The summed E-state index contributed by atoms with van der Waals surface area (Å²) in [4.78, 5) is 43.9. The van der Waals surface area contributed by atoms with Gasteiger partial charge in [-0.2, -0.15) is 8.96 Å². The van der Waals surface area contributed by atoms with Crippen molar-refractivity contribution in [1.29, 1.82) is 0 Å². The van der Waals surface area contributed by atoms with Gasteiger partial charge in [-0.1, -0.05) is 0 Å². The summed E-state index contributed by atoms with van der Waals surface area (Å²) in [6.45, 7) is 0. The van der Waals surface area contributed by atoms with Crippen molar-refractivity contribution in [3.63, 3.8) is 0 Å². The van der Waals surface area contributed by atoms with Crippen LogP contribution in [0.25, 0.3) is 0 Å². The van der Waals surface area contributed by atoms with E-state index in [2.05, 4.69) is 9.15 Å². The normalized spacial score (nSPS) is 10.4. The molecule has 2 aromatic rings. The molecule has 0 aliphatic rings. The number of carbonyl (C=O) groups is 1. The highest BCUT2D eigenvalue weighted by atomic mass is 19.1. The zero-order valence-electron chi connectivity index (χ0n) is 10.3.